The van der Waals surface area contributed by atoms with Gasteiger partial charge in [-0.3, -0.25) is 9.69 Å². The number of benzene rings is 1. The largest absolute Gasteiger partial charge is 0.466 e. The van der Waals surface area contributed by atoms with E-state index in [9.17, 15) is 13.6 Å². The maximum atomic E-state index is 13.6. The molecule has 1 saturated heterocycles. The third-order valence-electron chi connectivity index (χ3n) is 3.57. The van der Waals surface area contributed by atoms with Crippen LogP contribution in [0.25, 0.3) is 0 Å². The SMILES string of the molecule is CCOC(=O)C1CCCN(Cc2c(F)cccc2F)C1. The lowest BCUT2D eigenvalue weighted by Crippen LogP contribution is -2.39. The maximum absolute atomic E-state index is 13.6. The quantitative estimate of drug-likeness (QED) is 0.796. The van der Waals surface area contributed by atoms with Crippen LogP contribution < -0.4 is 0 Å². The number of hydrogen-bond donors (Lipinski definition) is 0. The Hall–Kier alpha value is -1.49. The summed E-state index contributed by atoms with van der Waals surface area (Å²) in [5.41, 5.74) is 0.0667. The van der Waals surface area contributed by atoms with E-state index in [1.807, 2.05) is 4.90 Å². The normalized spacial score (nSPS) is 19.9. The summed E-state index contributed by atoms with van der Waals surface area (Å²) in [5, 5.41) is 0. The van der Waals surface area contributed by atoms with Crippen LogP contribution in [0.15, 0.2) is 18.2 Å². The van der Waals surface area contributed by atoms with Crippen LogP contribution in [0.3, 0.4) is 0 Å². The average Bonchev–Trinajstić information content (AvgIpc) is 2.44. The molecule has 0 N–H and O–H groups in total. The van der Waals surface area contributed by atoms with Gasteiger partial charge < -0.3 is 4.74 Å². The van der Waals surface area contributed by atoms with Crippen molar-refractivity contribution in [2.45, 2.75) is 26.3 Å². The van der Waals surface area contributed by atoms with Gasteiger partial charge in [-0.25, -0.2) is 8.78 Å². The van der Waals surface area contributed by atoms with Crippen molar-refractivity contribution in [1.29, 1.82) is 0 Å². The molecule has 0 spiro atoms. The zero-order valence-electron chi connectivity index (χ0n) is 11.6. The Balaban J connectivity index is 2.01. The van der Waals surface area contributed by atoms with E-state index in [-0.39, 0.29) is 24.0 Å². The lowest BCUT2D eigenvalue weighted by Gasteiger charge is -2.31. The second-order valence-electron chi connectivity index (χ2n) is 5.03. The van der Waals surface area contributed by atoms with Gasteiger partial charge in [-0.1, -0.05) is 6.07 Å². The molecule has 1 fully saturated rings. The Morgan fingerprint density at radius 2 is 2.10 bits per heavy atom. The molecule has 0 aliphatic carbocycles. The molecule has 1 unspecified atom stereocenters. The predicted molar refractivity (Wildman–Crippen MR) is 71.0 cm³/mol. The minimum Gasteiger partial charge on any atom is -0.466 e. The number of carbonyl (C=O) groups excluding carboxylic acids is 1. The van der Waals surface area contributed by atoms with Crippen LogP contribution in [0.5, 0.6) is 0 Å². The smallest absolute Gasteiger partial charge is 0.310 e. The number of halogens is 2. The van der Waals surface area contributed by atoms with Gasteiger partial charge >= 0.3 is 5.97 Å². The Morgan fingerprint density at radius 3 is 2.75 bits per heavy atom. The fourth-order valence-electron chi connectivity index (χ4n) is 2.56. The van der Waals surface area contributed by atoms with E-state index in [0.717, 1.165) is 19.4 Å². The fraction of sp³-hybridized carbons (Fsp3) is 0.533. The van der Waals surface area contributed by atoms with E-state index in [0.29, 0.717) is 13.2 Å². The highest BCUT2D eigenvalue weighted by molar-refractivity contribution is 5.72. The first kappa shape index (κ1) is 14.9. The molecule has 0 radical (unpaired) electrons. The summed E-state index contributed by atoms with van der Waals surface area (Å²) in [7, 11) is 0. The van der Waals surface area contributed by atoms with E-state index < -0.39 is 11.6 Å². The molecule has 1 aliphatic heterocycles. The Morgan fingerprint density at radius 1 is 1.40 bits per heavy atom. The van der Waals surface area contributed by atoms with Gasteiger partial charge in [0, 0.05) is 18.7 Å². The van der Waals surface area contributed by atoms with Crippen molar-refractivity contribution >= 4 is 5.97 Å². The van der Waals surface area contributed by atoms with Crippen LogP contribution in [-0.2, 0) is 16.1 Å². The van der Waals surface area contributed by atoms with Gasteiger partial charge in [-0.2, -0.15) is 0 Å². The molecule has 1 aromatic rings. The number of piperidine rings is 1. The van der Waals surface area contributed by atoms with Crippen molar-refractivity contribution in [3.8, 4) is 0 Å². The minimum absolute atomic E-state index is 0.0667. The van der Waals surface area contributed by atoms with E-state index in [4.69, 9.17) is 4.74 Å². The van der Waals surface area contributed by atoms with E-state index in [1.54, 1.807) is 6.92 Å². The van der Waals surface area contributed by atoms with Gasteiger partial charge in [-0.05, 0) is 38.4 Å². The summed E-state index contributed by atoms with van der Waals surface area (Å²) >= 11 is 0. The van der Waals surface area contributed by atoms with Gasteiger partial charge in [0.05, 0.1) is 12.5 Å². The molecule has 0 bridgehead atoms. The highest BCUT2D eigenvalue weighted by Gasteiger charge is 2.27. The predicted octanol–water partition coefficient (Wildman–Crippen LogP) is 2.74. The van der Waals surface area contributed by atoms with Gasteiger partial charge in [0.2, 0.25) is 0 Å². The van der Waals surface area contributed by atoms with Crippen LogP contribution in [-0.4, -0.2) is 30.6 Å². The minimum atomic E-state index is -0.539. The summed E-state index contributed by atoms with van der Waals surface area (Å²) in [6.07, 6.45) is 1.61. The summed E-state index contributed by atoms with van der Waals surface area (Å²) < 4.78 is 32.3. The number of ether oxygens (including phenoxy) is 1. The summed E-state index contributed by atoms with van der Waals surface area (Å²) in [4.78, 5) is 13.6. The van der Waals surface area contributed by atoms with Crippen molar-refractivity contribution in [2.24, 2.45) is 5.92 Å². The summed E-state index contributed by atoms with van der Waals surface area (Å²) in [6, 6.07) is 3.86. The monoisotopic (exact) mass is 283 g/mol. The Kier molecular flexibility index (Phi) is 5.06. The second kappa shape index (κ2) is 6.79. The van der Waals surface area contributed by atoms with Crippen molar-refractivity contribution in [3.63, 3.8) is 0 Å². The van der Waals surface area contributed by atoms with Crippen LogP contribution in [0.1, 0.15) is 25.3 Å². The number of likely N-dealkylation sites (tertiary alicyclic amines) is 1. The van der Waals surface area contributed by atoms with Gasteiger partial charge in [-0.15, -0.1) is 0 Å². The second-order valence-corrected chi connectivity index (χ2v) is 5.03. The van der Waals surface area contributed by atoms with Crippen LogP contribution in [0.4, 0.5) is 8.78 Å². The van der Waals surface area contributed by atoms with E-state index in [1.165, 1.54) is 18.2 Å². The molecule has 0 aromatic heterocycles. The molecule has 0 amide bonds. The molecule has 1 aromatic carbocycles. The Bertz CT molecular complexity index is 459. The van der Waals surface area contributed by atoms with Crippen LogP contribution >= 0.6 is 0 Å². The molecule has 1 aliphatic rings. The summed E-state index contributed by atoms with van der Waals surface area (Å²) in [6.45, 7) is 3.55. The van der Waals surface area contributed by atoms with Gasteiger partial charge in [0.25, 0.3) is 0 Å². The third kappa shape index (κ3) is 3.54. The lowest BCUT2D eigenvalue weighted by atomic mass is 9.97. The molecule has 0 saturated carbocycles. The molecule has 3 nitrogen and oxygen atoms in total. The first-order chi connectivity index (χ1) is 9.61. The topological polar surface area (TPSA) is 29.5 Å². The molecule has 1 heterocycles. The van der Waals surface area contributed by atoms with Gasteiger partial charge in [0.15, 0.2) is 0 Å². The standard InChI is InChI=1S/C15H19F2NO2/c1-2-20-15(19)11-5-4-8-18(9-11)10-12-13(16)6-3-7-14(12)17/h3,6-7,11H,2,4-5,8-10H2,1H3. The third-order valence-corrected chi connectivity index (χ3v) is 3.57. The molecule has 5 heteroatoms. The molecule has 2 rings (SSSR count). The number of hydrogen-bond acceptors (Lipinski definition) is 3. The molecule has 20 heavy (non-hydrogen) atoms. The lowest BCUT2D eigenvalue weighted by molar-refractivity contribution is -0.150. The zero-order chi connectivity index (χ0) is 14.5. The van der Waals surface area contributed by atoms with E-state index in [2.05, 4.69) is 0 Å². The van der Waals surface area contributed by atoms with E-state index >= 15 is 0 Å². The van der Waals surface area contributed by atoms with Crippen LogP contribution in [0, 0.1) is 17.6 Å². The average molecular weight is 283 g/mol. The van der Waals surface area contributed by atoms with Crippen LogP contribution in [0.2, 0.25) is 0 Å². The molecule has 110 valence electrons. The molecule has 1 atom stereocenters. The molecular formula is C15H19F2NO2. The first-order valence-corrected chi connectivity index (χ1v) is 6.93. The number of carbonyl (C=O) groups is 1. The maximum Gasteiger partial charge on any atom is 0.310 e. The Labute approximate surface area is 117 Å². The first-order valence-electron chi connectivity index (χ1n) is 6.93. The number of rotatable bonds is 4. The van der Waals surface area contributed by atoms with Crippen molar-refractivity contribution in [2.75, 3.05) is 19.7 Å². The van der Waals surface area contributed by atoms with Gasteiger partial charge in [0.1, 0.15) is 11.6 Å². The zero-order valence-corrected chi connectivity index (χ0v) is 11.6. The number of esters is 1. The fourth-order valence-corrected chi connectivity index (χ4v) is 2.56. The van der Waals surface area contributed by atoms with Crippen molar-refractivity contribution in [3.05, 3.63) is 35.4 Å². The number of nitrogens with zero attached hydrogens (tertiary/aromatic N) is 1. The summed E-state index contributed by atoms with van der Waals surface area (Å²) in [5.74, 6) is -1.49. The highest BCUT2D eigenvalue weighted by Crippen LogP contribution is 2.22. The van der Waals surface area contributed by atoms with Crippen molar-refractivity contribution in [1.82, 2.24) is 4.90 Å². The van der Waals surface area contributed by atoms with Crippen molar-refractivity contribution < 1.29 is 18.3 Å². The molecular weight excluding hydrogens is 264 g/mol. The highest BCUT2D eigenvalue weighted by atomic mass is 19.1.